The van der Waals surface area contributed by atoms with Crippen LogP contribution in [0.3, 0.4) is 0 Å². The van der Waals surface area contributed by atoms with Crippen LogP contribution in [0.1, 0.15) is 9.67 Å². The first-order valence-corrected chi connectivity index (χ1v) is 9.87. The number of furan rings is 1. The number of ether oxygens (including phenoxy) is 2. The van der Waals surface area contributed by atoms with Crippen molar-refractivity contribution in [3.8, 4) is 11.5 Å². The van der Waals surface area contributed by atoms with E-state index in [1.807, 2.05) is 23.6 Å². The van der Waals surface area contributed by atoms with E-state index in [1.165, 1.54) is 11.3 Å². The fourth-order valence-electron chi connectivity index (χ4n) is 3.55. The molecule has 4 atom stereocenters. The maximum atomic E-state index is 12.3. The van der Waals surface area contributed by atoms with Gasteiger partial charge in [0.1, 0.15) is 17.9 Å². The highest BCUT2D eigenvalue weighted by Crippen LogP contribution is 2.29. The minimum absolute atomic E-state index is 0.0968. The van der Waals surface area contributed by atoms with E-state index < -0.39 is 0 Å². The van der Waals surface area contributed by atoms with Crippen molar-refractivity contribution < 1.29 is 18.7 Å². The molecule has 3 aromatic rings. The van der Waals surface area contributed by atoms with Crippen LogP contribution in [0.5, 0.6) is 0 Å². The topological polar surface area (TPSA) is 98.5 Å². The van der Waals surface area contributed by atoms with Crippen molar-refractivity contribution in [1.82, 2.24) is 15.3 Å². The first-order chi connectivity index (χ1) is 13.8. The highest BCUT2D eigenvalue weighted by Gasteiger charge is 2.48. The number of thiophene rings is 1. The van der Waals surface area contributed by atoms with E-state index in [9.17, 15) is 4.79 Å². The Morgan fingerprint density at radius 2 is 1.96 bits per heavy atom. The van der Waals surface area contributed by atoms with Gasteiger partial charge in [-0.25, -0.2) is 9.97 Å². The van der Waals surface area contributed by atoms with E-state index in [1.54, 1.807) is 24.6 Å². The summed E-state index contributed by atoms with van der Waals surface area (Å²) in [6, 6.07) is 8.84. The molecule has 144 valence electrons. The van der Waals surface area contributed by atoms with Gasteiger partial charge in [0, 0.05) is 6.20 Å². The van der Waals surface area contributed by atoms with Crippen molar-refractivity contribution in [3.63, 3.8) is 0 Å². The first-order valence-electron chi connectivity index (χ1n) is 8.99. The lowest BCUT2D eigenvalue weighted by Crippen LogP contribution is -2.44. The summed E-state index contributed by atoms with van der Waals surface area (Å²) in [5.74, 6) is 1.07. The molecular formula is C19H18N4O4S. The molecule has 5 rings (SSSR count). The summed E-state index contributed by atoms with van der Waals surface area (Å²) in [6.07, 6.45) is 2.91. The molecule has 2 fully saturated rings. The molecule has 0 bridgehead atoms. The van der Waals surface area contributed by atoms with E-state index in [0.717, 1.165) is 0 Å². The highest BCUT2D eigenvalue weighted by atomic mass is 32.1. The number of aromatic nitrogens is 2. The van der Waals surface area contributed by atoms with Crippen molar-refractivity contribution in [2.45, 2.75) is 24.3 Å². The predicted molar refractivity (Wildman–Crippen MR) is 102 cm³/mol. The van der Waals surface area contributed by atoms with Gasteiger partial charge < -0.3 is 24.5 Å². The maximum absolute atomic E-state index is 12.3. The van der Waals surface area contributed by atoms with Crippen LogP contribution in [0.4, 0.5) is 5.95 Å². The Bertz CT molecular complexity index is 947. The summed E-state index contributed by atoms with van der Waals surface area (Å²) < 4.78 is 17.2. The standard InChI is InChI=1S/C19H18N4O4S/c24-18(15-4-2-8-28-15)21-12-9-26-17-13(10-27-16(12)17)23-19-20-6-5-11(22-19)14-3-1-7-25-14/h1-8,12-13,16-17H,9-10H2,(H,21,24)(H,20,22,23). The highest BCUT2D eigenvalue weighted by molar-refractivity contribution is 7.12. The van der Waals surface area contributed by atoms with E-state index >= 15 is 0 Å². The van der Waals surface area contributed by atoms with Gasteiger partial charge in [-0.15, -0.1) is 11.3 Å². The number of fused-ring (bicyclic) bond motifs is 1. The average Bonchev–Trinajstić information content (AvgIpc) is 3.50. The van der Waals surface area contributed by atoms with E-state index in [2.05, 4.69) is 20.6 Å². The predicted octanol–water partition coefficient (Wildman–Crippen LogP) is 2.17. The van der Waals surface area contributed by atoms with Crippen LogP contribution < -0.4 is 10.6 Å². The average molecular weight is 398 g/mol. The van der Waals surface area contributed by atoms with Gasteiger partial charge in [0.2, 0.25) is 5.95 Å². The molecule has 1 amide bonds. The molecule has 8 nitrogen and oxygen atoms in total. The van der Waals surface area contributed by atoms with Crippen LogP contribution in [0.15, 0.2) is 52.6 Å². The lowest BCUT2D eigenvalue weighted by Gasteiger charge is -2.18. The number of amides is 1. The second-order valence-electron chi connectivity index (χ2n) is 6.65. The summed E-state index contributed by atoms with van der Waals surface area (Å²) in [5.41, 5.74) is 0.700. The van der Waals surface area contributed by atoms with Crippen LogP contribution in [0.25, 0.3) is 11.5 Å². The largest absolute Gasteiger partial charge is 0.463 e. The number of rotatable bonds is 5. The summed E-state index contributed by atoms with van der Waals surface area (Å²) in [7, 11) is 0. The monoisotopic (exact) mass is 398 g/mol. The summed E-state index contributed by atoms with van der Waals surface area (Å²) in [5, 5.41) is 8.19. The Labute approximate surface area is 164 Å². The zero-order chi connectivity index (χ0) is 18.9. The van der Waals surface area contributed by atoms with Crippen molar-refractivity contribution in [2.75, 3.05) is 18.5 Å². The maximum Gasteiger partial charge on any atom is 0.261 e. The van der Waals surface area contributed by atoms with Crippen LogP contribution in [-0.4, -0.2) is 53.4 Å². The van der Waals surface area contributed by atoms with Gasteiger partial charge in [-0.2, -0.15) is 0 Å². The third-order valence-corrected chi connectivity index (χ3v) is 5.73. The van der Waals surface area contributed by atoms with Gasteiger partial charge in [-0.05, 0) is 29.6 Å². The third-order valence-electron chi connectivity index (χ3n) is 4.86. The van der Waals surface area contributed by atoms with Crippen LogP contribution >= 0.6 is 11.3 Å². The number of hydrogen-bond acceptors (Lipinski definition) is 8. The van der Waals surface area contributed by atoms with E-state index in [4.69, 9.17) is 13.9 Å². The Balaban J connectivity index is 1.24. The molecule has 0 spiro atoms. The van der Waals surface area contributed by atoms with Crippen LogP contribution in [0.2, 0.25) is 0 Å². The summed E-state index contributed by atoms with van der Waals surface area (Å²) in [4.78, 5) is 21.8. The SMILES string of the molecule is O=C(NC1COC2C(Nc3nccc(-c4ccco4)n3)COC12)c1cccs1. The summed E-state index contributed by atoms with van der Waals surface area (Å²) >= 11 is 1.41. The zero-order valence-electron chi connectivity index (χ0n) is 14.8. The third kappa shape index (κ3) is 3.28. The van der Waals surface area contributed by atoms with Gasteiger partial charge >= 0.3 is 0 Å². The molecule has 28 heavy (non-hydrogen) atoms. The molecule has 0 saturated carbocycles. The minimum Gasteiger partial charge on any atom is -0.463 e. The fourth-order valence-corrected chi connectivity index (χ4v) is 4.18. The minimum atomic E-state index is -0.199. The second-order valence-corrected chi connectivity index (χ2v) is 7.59. The number of nitrogens with one attached hydrogen (secondary N) is 2. The van der Waals surface area contributed by atoms with E-state index in [0.29, 0.717) is 35.5 Å². The Morgan fingerprint density at radius 1 is 1.11 bits per heavy atom. The molecule has 4 unspecified atom stereocenters. The molecule has 2 aliphatic rings. The zero-order valence-corrected chi connectivity index (χ0v) is 15.6. The molecule has 2 N–H and O–H groups in total. The lowest BCUT2D eigenvalue weighted by molar-refractivity contribution is 0.0652. The molecule has 3 aromatic heterocycles. The molecule has 0 radical (unpaired) electrons. The molecule has 5 heterocycles. The van der Waals surface area contributed by atoms with Gasteiger partial charge in [-0.3, -0.25) is 4.79 Å². The van der Waals surface area contributed by atoms with Crippen LogP contribution in [-0.2, 0) is 9.47 Å². The fraction of sp³-hybridized carbons (Fsp3) is 0.316. The van der Waals surface area contributed by atoms with Crippen LogP contribution in [0, 0.1) is 0 Å². The smallest absolute Gasteiger partial charge is 0.261 e. The second kappa shape index (κ2) is 7.34. The van der Waals surface area contributed by atoms with Crippen molar-refractivity contribution >= 4 is 23.2 Å². The van der Waals surface area contributed by atoms with Gasteiger partial charge in [0.15, 0.2) is 5.76 Å². The number of nitrogens with zero attached hydrogens (tertiary/aromatic N) is 2. The lowest BCUT2D eigenvalue weighted by atomic mass is 10.1. The Morgan fingerprint density at radius 3 is 2.75 bits per heavy atom. The van der Waals surface area contributed by atoms with Crippen molar-refractivity contribution in [3.05, 3.63) is 53.0 Å². The number of anilines is 1. The van der Waals surface area contributed by atoms with Crippen molar-refractivity contribution in [2.24, 2.45) is 0 Å². The number of carbonyl (C=O) groups excluding carboxylic acids is 1. The molecule has 9 heteroatoms. The van der Waals surface area contributed by atoms with Gasteiger partial charge in [0.25, 0.3) is 5.91 Å². The normalized spacial score (nSPS) is 26.1. The molecule has 0 aromatic carbocycles. The summed E-state index contributed by atoms with van der Waals surface area (Å²) in [6.45, 7) is 0.868. The molecule has 2 saturated heterocycles. The first kappa shape index (κ1) is 17.4. The Kier molecular flexibility index (Phi) is 4.55. The van der Waals surface area contributed by atoms with Crippen molar-refractivity contribution in [1.29, 1.82) is 0 Å². The Hall–Kier alpha value is -2.75. The quantitative estimate of drug-likeness (QED) is 0.680. The molecular weight excluding hydrogens is 380 g/mol. The van der Waals surface area contributed by atoms with Gasteiger partial charge in [-0.1, -0.05) is 6.07 Å². The number of hydrogen-bond donors (Lipinski definition) is 2. The molecule has 2 aliphatic heterocycles. The van der Waals surface area contributed by atoms with Gasteiger partial charge in [0.05, 0.1) is 36.4 Å². The van der Waals surface area contributed by atoms with E-state index in [-0.39, 0.29) is 30.2 Å². The number of carbonyl (C=O) groups is 1. The molecule has 0 aliphatic carbocycles.